The topological polar surface area (TPSA) is 93.4 Å². The van der Waals surface area contributed by atoms with Gasteiger partial charge in [-0.2, -0.15) is 0 Å². The lowest BCUT2D eigenvalue weighted by Crippen LogP contribution is -2.40. The van der Waals surface area contributed by atoms with Crippen molar-refractivity contribution in [2.24, 2.45) is 0 Å². The lowest BCUT2D eigenvalue weighted by molar-refractivity contribution is -0.0715. The number of hydrogen-bond donors (Lipinski definition) is 4. The van der Waals surface area contributed by atoms with E-state index in [1.807, 2.05) is 0 Å². The van der Waals surface area contributed by atoms with Crippen LogP contribution in [-0.2, 0) is 4.74 Å². The van der Waals surface area contributed by atoms with Crippen LogP contribution in [0.1, 0.15) is 117 Å². The maximum atomic E-state index is 10.4. The van der Waals surface area contributed by atoms with Crippen molar-refractivity contribution in [3.63, 3.8) is 0 Å². The Labute approximate surface area is 207 Å². The number of unbranched alkanes of at least 4 members (excludes halogenated alkanes) is 14. The summed E-state index contributed by atoms with van der Waals surface area (Å²) in [5, 5.41) is 39.7. The summed E-state index contributed by atoms with van der Waals surface area (Å²) in [5.74, 6) is 0. The van der Waals surface area contributed by atoms with E-state index in [4.69, 9.17) is 4.74 Å². The molecule has 0 aromatic rings. The zero-order chi connectivity index (χ0) is 24.3. The van der Waals surface area contributed by atoms with Crippen LogP contribution in [-0.4, -0.2) is 74.3 Å². The fourth-order valence-electron chi connectivity index (χ4n) is 4.39. The van der Waals surface area contributed by atoms with E-state index in [1.54, 1.807) is 0 Å². The number of aliphatic hydroxyl groups excluding tert-OH is 4. The Morgan fingerprint density at radius 3 is 1.55 bits per heavy atom. The monoisotopic (exact) mass is 491 g/mol. The van der Waals surface area contributed by atoms with Crippen molar-refractivity contribution in [2.45, 2.75) is 146 Å². The third-order valence-corrected chi connectivity index (χ3v) is 7.86. The van der Waals surface area contributed by atoms with E-state index < -0.39 is 36.5 Å². The molecule has 0 radical (unpaired) electrons. The van der Waals surface area contributed by atoms with Crippen molar-refractivity contribution >= 4 is 11.9 Å². The van der Waals surface area contributed by atoms with Gasteiger partial charge in [0.1, 0.15) is 29.9 Å². The standard InChI is InChI=1S/C26H53NO5S/c1-3-5-7-9-11-13-15-17-19-27(20-18-16-14-12-10-8-6-4-2)33-26-24(31)23(30)25(32-26)22(29)21-28/h22-26,28-31H,3-21H2,1-2H3/t22-,23-,24-,25+,26+/m1/s1. The predicted octanol–water partition coefficient (Wildman–Crippen LogP) is 5.02. The summed E-state index contributed by atoms with van der Waals surface area (Å²) in [6.45, 7) is 5.87. The number of aliphatic hydroxyl groups is 4. The molecule has 1 aliphatic heterocycles. The molecule has 0 spiro atoms. The summed E-state index contributed by atoms with van der Waals surface area (Å²) >= 11 is 1.45. The summed E-state index contributed by atoms with van der Waals surface area (Å²) in [6.07, 6.45) is 16.0. The molecule has 0 unspecified atom stereocenters. The zero-order valence-corrected chi connectivity index (χ0v) is 22.2. The van der Waals surface area contributed by atoms with E-state index in [0.29, 0.717) is 0 Å². The van der Waals surface area contributed by atoms with E-state index >= 15 is 0 Å². The van der Waals surface area contributed by atoms with Gasteiger partial charge in [-0.3, -0.25) is 0 Å². The Morgan fingerprint density at radius 2 is 1.12 bits per heavy atom. The fourth-order valence-corrected chi connectivity index (χ4v) is 5.62. The molecule has 1 rings (SSSR count). The zero-order valence-electron chi connectivity index (χ0n) is 21.4. The van der Waals surface area contributed by atoms with Crippen molar-refractivity contribution in [3.8, 4) is 0 Å². The molecular weight excluding hydrogens is 438 g/mol. The third-order valence-electron chi connectivity index (χ3n) is 6.60. The minimum absolute atomic E-state index is 0.494. The lowest BCUT2D eigenvalue weighted by atomic mass is 10.1. The van der Waals surface area contributed by atoms with Crippen molar-refractivity contribution in [3.05, 3.63) is 0 Å². The first kappa shape index (κ1) is 31.1. The highest BCUT2D eigenvalue weighted by molar-refractivity contribution is 7.97. The molecule has 0 aliphatic carbocycles. The molecule has 0 saturated carbocycles. The van der Waals surface area contributed by atoms with Crippen LogP contribution in [0.4, 0.5) is 0 Å². The molecule has 0 bridgehead atoms. The normalized spacial score (nSPS) is 24.1. The second-order valence-electron chi connectivity index (χ2n) is 9.68. The fraction of sp³-hybridized carbons (Fsp3) is 1.00. The maximum Gasteiger partial charge on any atom is 0.146 e. The van der Waals surface area contributed by atoms with Gasteiger partial charge in [0.15, 0.2) is 0 Å². The first-order valence-electron chi connectivity index (χ1n) is 13.8. The average Bonchev–Trinajstić information content (AvgIpc) is 3.10. The molecule has 1 saturated heterocycles. The van der Waals surface area contributed by atoms with Gasteiger partial charge in [0.2, 0.25) is 0 Å². The molecule has 1 aliphatic rings. The second kappa shape index (κ2) is 20.3. The number of nitrogens with zero attached hydrogens (tertiary/aromatic N) is 1. The van der Waals surface area contributed by atoms with Gasteiger partial charge in [0.05, 0.1) is 6.61 Å². The first-order chi connectivity index (χ1) is 16.0. The van der Waals surface area contributed by atoms with Gasteiger partial charge in [-0.05, 0) is 24.8 Å². The number of hydrogen-bond acceptors (Lipinski definition) is 7. The number of rotatable bonds is 22. The lowest BCUT2D eigenvalue weighted by Gasteiger charge is -2.26. The molecule has 1 heterocycles. The van der Waals surface area contributed by atoms with Crippen molar-refractivity contribution in [1.29, 1.82) is 0 Å². The molecule has 6 nitrogen and oxygen atoms in total. The molecule has 33 heavy (non-hydrogen) atoms. The van der Waals surface area contributed by atoms with Gasteiger partial charge in [0, 0.05) is 13.1 Å². The summed E-state index contributed by atoms with van der Waals surface area (Å²) in [4.78, 5) is 0. The van der Waals surface area contributed by atoms with Gasteiger partial charge >= 0.3 is 0 Å². The Bertz CT molecular complexity index is 425. The molecular formula is C26H53NO5S. The summed E-state index contributed by atoms with van der Waals surface area (Å²) in [5.41, 5.74) is -0.616. The predicted molar refractivity (Wildman–Crippen MR) is 138 cm³/mol. The molecule has 1 fully saturated rings. The van der Waals surface area contributed by atoms with Gasteiger partial charge in [-0.1, -0.05) is 104 Å². The summed E-state index contributed by atoms with van der Waals surface area (Å²) in [7, 11) is 0. The Balaban J connectivity index is 2.40. The smallest absolute Gasteiger partial charge is 0.146 e. The molecule has 4 N–H and O–H groups in total. The van der Waals surface area contributed by atoms with Crippen LogP contribution in [0.15, 0.2) is 0 Å². The Morgan fingerprint density at radius 1 is 0.697 bits per heavy atom. The van der Waals surface area contributed by atoms with Crippen molar-refractivity contribution in [2.75, 3.05) is 19.7 Å². The van der Waals surface area contributed by atoms with Gasteiger partial charge < -0.3 is 25.2 Å². The molecule has 5 atom stereocenters. The first-order valence-corrected chi connectivity index (χ1v) is 14.6. The largest absolute Gasteiger partial charge is 0.394 e. The highest BCUT2D eigenvalue weighted by Crippen LogP contribution is 2.33. The van der Waals surface area contributed by atoms with E-state index in [9.17, 15) is 20.4 Å². The van der Waals surface area contributed by atoms with Crippen LogP contribution in [0.3, 0.4) is 0 Å². The van der Waals surface area contributed by atoms with Crippen LogP contribution in [0.25, 0.3) is 0 Å². The SMILES string of the molecule is CCCCCCCCCCN(CCCCCCCCCC)S[C@@H]1O[C@@H]([C@H](O)CO)[C@H](O)[C@H]1O. The minimum atomic E-state index is -1.19. The summed E-state index contributed by atoms with van der Waals surface area (Å²) < 4.78 is 8.03. The Hall–Kier alpha value is 0.110. The quantitative estimate of drug-likeness (QED) is 0.125. The Kier molecular flexibility index (Phi) is 19.2. The van der Waals surface area contributed by atoms with Crippen LogP contribution in [0, 0.1) is 0 Å². The molecule has 0 amide bonds. The number of ether oxygens (including phenoxy) is 1. The van der Waals surface area contributed by atoms with E-state index in [1.165, 1.54) is 102 Å². The van der Waals surface area contributed by atoms with E-state index in [-0.39, 0.29) is 0 Å². The average molecular weight is 492 g/mol. The third kappa shape index (κ3) is 13.7. The van der Waals surface area contributed by atoms with Crippen molar-refractivity contribution in [1.82, 2.24) is 4.31 Å². The van der Waals surface area contributed by atoms with Crippen LogP contribution < -0.4 is 0 Å². The van der Waals surface area contributed by atoms with E-state index in [2.05, 4.69) is 18.2 Å². The molecule has 7 heteroatoms. The molecule has 0 aromatic heterocycles. The molecule has 198 valence electrons. The van der Waals surface area contributed by atoms with Crippen LogP contribution >= 0.6 is 11.9 Å². The highest BCUT2D eigenvalue weighted by Gasteiger charge is 2.46. The van der Waals surface area contributed by atoms with Gasteiger partial charge in [0.25, 0.3) is 0 Å². The van der Waals surface area contributed by atoms with Gasteiger partial charge in [-0.15, -0.1) is 0 Å². The van der Waals surface area contributed by atoms with Crippen LogP contribution in [0.2, 0.25) is 0 Å². The van der Waals surface area contributed by atoms with E-state index in [0.717, 1.165) is 25.9 Å². The minimum Gasteiger partial charge on any atom is -0.394 e. The summed E-state index contributed by atoms with van der Waals surface area (Å²) in [6, 6.07) is 0. The second-order valence-corrected chi connectivity index (χ2v) is 10.9. The van der Waals surface area contributed by atoms with Crippen LogP contribution in [0.5, 0.6) is 0 Å². The van der Waals surface area contributed by atoms with Gasteiger partial charge in [-0.25, -0.2) is 4.31 Å². The maximum absolute atomic E-state index is 10.4. The van der Waals surface area contributed by atoms with Crippen molar-refractivity contribution < 1.29 is 25.2 Å². The highest BCUT2D eigenvalue weighted by atomic mass is 32.2. The molecule has 0 aromatic carbocycles.